The largest absolute Gasteiger partial charge is 0.355 e. The zero-order valence-electron chi connectivity index (χ0n) is 8.77. The lowest BCUT2D eigenvalue weighted by atomic mass is 10.2. The average molecular weight is 295 g/mol. The third-order valence-electron chi connectivity index (χ3n) is 1.99. The Morgan fingerprint density at radius 2 is 1.72 bits per heavy atom. The monoisotopic (exact) mass is 295 g/mol. The first kappa shape index (κ1) is 14.6. The van der Waals surface area contributed by atoms with E-state index >= 15 is 0 Å². The molecule has 0 atom stereocenters. The molecule has 100 valence electrons. The molecule has 0 aliphatic rings. The summed E-state index contributed by atoms with van der Waals surface area (Å²) in [6, 6.07) is 2.61. The van der Waals surface area contributed by atoms with E-state index in [0.29, 0.717) is 12.5 Å². The Labute approximate surface area is 103 Å². The number of carbonyl (C=O) groups excluding carboxylic acids is 1. The van der Waals surface area contributed by atoms with Crippen LogP contribution in [0.5, 0.6) is 0 Å². The highest BCUT2D eigenvalue weighted by Crippen LogP contribution is 2.20. The lowest BCUT2D eigenvalue weighted by molar-refractivity contribution is -0.109. The van der Waals surface area contributed by atoms with Crippen molar-refractivity contribution in [3.63, 3.8) is 0 Å². The zero-order chi connectivity index (χ0) is 14.0. The molecule has 0 aliphatic heterocycles. The van der Waals surface area contributed by atoms with Crippen LogP contribution >= 0.6 is 0 Å². The maximum atomic E-state index is 11.1. The lowest BCUT2D eigenvalue weighted by Gasteiger charge is -2.07. The molecule has 3 N–H and O–H groups in total. The van der Waals surface area contributed by atoms with Gasteiger partial charge in [0.25, 0.3) is 20.2 Å². The Morgan fingerprint density at radius 1 is 1.11 bits per heavy atom. The molecule has 0 radical (unpaired) electrons. The fourth-order valence-corrected chi connectivity index (χ4v) is 2.56. The third kappa shape index (κ3) is 3.50. The van der Waals surface area contributed by atoms with Gasteiger partial charge in [0.1, 0.15) is 4.90 Å². The Morgan fingerprint density at radius 3 is 2.17 bits per heavy atom. The quantitative estimate of drug-likeness (QED) is 0.488. The van der Waals surface area contributed by atoms with E-state index in [2.05, 4.69) is 5.32 Å². The van der Waals surface area contributed by atoms with E-state index in [1.165, 1.54) is 0 Å². The Kier molecular flexibility index (Phi) is 4.06. The van der Waals surface area contributed by atoms with Gasteiger partial charge in [0.15, 0.2) is 0 Å². The van der Waals surface area contributed by atoms with E-state index in [0.717, 1.165) is 12.1 Å². The van der Waals surface area contributed by atoms with E-state index in [1.807, 2.05) is 0 Å². The van der Waals surface area contributed by atoms with Gasteiger partial charge in [-0.3, -0.25) is 13.9 Å². The van der Waals surface area contributed by atoms with E-state index < -0.39 is 30.0 Å². The summed E-state index contributed by atoms with van der Waals surface area (Å²) < 4.78 is 61.5. The summed E-state index contributed by atoms with van der Waals surface area (Å²) in [4.78, 5) is 8.73. The molecule has 0 saturated carbocycles. The summed E-state index contributed by atoms with van der Waals surface area (Å²) in [5.74, 6) is 0. The summed E-state index contributed by atoms with van der Waals surface area (Å²) in [6.07, 6.45) is 0.310. The minimum atomic E-state index is -4.68. The highest BCUT2D eigenvalue weighted by Gasteiger charge is 2.19. The van der Waals surface area contributed by atoms with E-state index in [9.17, 15) is 21.6 Å². The lowest BCUT2D eigenvalue weighted by Crippen LogP contribution is -2.14. The SMILES string of the molecule is O=CNCc1ccc(S(=O)(=O)O)cc1S(=O)(=O)O. The molecular formula is C8H9NO7S2. The maximum Gasteiger partial charge on any atom is 0.294 e. The van der Waals surface area contributed by atoms with Crippen molar-refractivity contribution in [1.29, 1.82) is 0 Å². The van der Waals surface area contributed by atoms with Crippen molar-refractivity contribution in [3.8, 4) is 0 Å². The maximum absolute atomic E-state index is 11.1. The van der Waals surface area contributed by atoms with Gasteiger partial charge in [0, 0.05) is 6.54 Å². The molecule has 0 saturated heterocycles. The molecule has 0 heterocycles. The first-order chi connectivity index (χ1) is 8.16. The molecule has 8 nitrogen and oxygen atoms in total. The topological polar surface area (TPSA) is 138 Å². The van der Waals surface area contributed by atoms with Crippen LogP contribution in [0, 0.1) is 0 Å². The van der Waals surface area contributed by atoms with Gasteiger partial charge in [-0.2, -0.15) is 16.8 Å². The van der Waals surface area contributed by atoms with Crippen LogP contribution in [0.4, 0.5) is 0 Å². The Balaban J connectivity index is 3.44. The highest BCUT2D eigenvalue weighted by atomic mass is 32.2. The normalized spacial score (nSPS) is 12.1. The molecule has 0 aromatic heterocycles. The van der Waals surface area contributed by atoms with Crippen LogP contribution in [0.3, 0.4) is 0 Å². The van der Waals surface area contributed by atoms with Crippen molar-refractivity contribution in [2.24, 2.45) is 0 Å². The van der Waals surface area contributed by atoms with Crippen molar-refractivity contribution in [1.82, 2.24) is 5.32 Å². The van der Waals surface area contributed by atoms with Gasteiger partial charge in [-0.05, 0) is 17.7 Å². The van der Waals surface area contributed by atoms with Gasteiger partial charge in [-0.1, -0.05) is 6.07 Å². The van der Waals surface area contributed by atoms with Crippen LogP contribution < -0.4 is 5.32 Å². The van der Waals surface area contributed by atoms with Gasteiger partial charge in [-0.25, -0.2) is 0 Å². The van der Waals surface area contributed by atoms with Gasteiger partial charge in [-0.15, -0.1) is 0 Å². The van der Waals surface area contributed by atoms with Gasteiger partial charge >= 0.3 is 0 Å². The van der Waals surface area contributed by atoms with Gasteiger partial charge in [0.2, 0.25) is 6.41 Å². The van der Waals surface area contributed by atoms with Crippen LogP contribution in [0.25, 0.3) is 0 Å². The first-order valence-corrected chi connectivity index (χ1v) is 7.29. The zero-order valence-corrected chi connectivity index (χ0v) is 10.4. The molecule has 1 aromatic carbocycles. The van der Waals surface area contributed by atoms with Crippen molar-refractivity contribution in [2.45, 2.75) is 16.3 Å². The number of hydrogen-bond donors (Lipinski definition) is 3. The number of amides is 1. The summed E-state index contributed by atoms with van der Waals surface area (Å²) in [6.45, 7) is -0.218. The third-order valence-corrected chi connectivity index (χ3v) is 3.78. The second kappa shape index (κ2) is 5.02. The van der Waals surface area contributed by atoms with Crippen molar-refractivity contribution in [2.75, 3.05) is 0 Å². The van der Waals surface area contributed by atoms with Crippen molar-refractivity contribution in [3.05, 3.63) is 23.8 Å². The average Bonchev–Trinajstić information content (AvgIpc) is 2.23. The molecule has 0 fully saturated rings. The highest BCUT2D eigenvalue weighted by molar-refractivity contribution is 7.86. The standard InChI is InChI=1S/C8H9NO7S2/c10-5-9-4-6-1-2-7(17(11,12)13)3-8(6)18(14,15)16/h1-3,5H,4H2,(H,9,10)(H,11,12,13)(H,14,15,16). The van der Waals surface area contributed by atoms with Gasteiger partial charge < -0.3 is 5.32 Å². The minimum Gasteiger partial charge on any atom is -0.355 e. The summed E-state index contributed by atoms with van der Waals surface area (Å²) in [5, 5.41) is 2.17. The number of hydrogen-bond acceptors (Lipinski definition) is 5. The Hall–Kier alpha value is -1.49. The number of rotatable bonds is 5. The first-order valence-electron chi connectivity index (χ1n) is 4.41. The minimum absolute atomic E-state index is 0.0167. The van der Waals surface area contributed by atoms with E-state index in [-0.39, 0.29) is 12.1 Å². The second-order valence-corrected chi connectivity index (χ2v) is 6.03. The van der Waals surface area contributed by atoms with Crippen molar-refractivity contribution < 1.29 is 30.7 Å². The number of benzene rings is 1. The molecule has 10 heteroatoms. The molecule has 1 rings (SSSR count). The fraction of sp³-hybridized carbons (Fsp3) is 0.125. The van der Waals surface area contributed by atoms with Crippen LogP contribution in [-0.2, 0) is 31.6 Å². The molecule has 18 heavy (non-hydrogen) atoms. The van der Waals surface area contributed by atoms with Gasteiger partial charge in [0.05, 0.1) is 4.90 Å². The molecule has 1 aromatic rings. The summed E-state index contributed by atoms with van der Waals surface area (Å²) in [7, 11) is -9.27. The Bertz CT molecular complexity index is 663. The fourth-order valence-electron chi connectivity index (χ4n) is 1.23. The molecular weight excluding hydrogens is 286 g/mol. The van der Waals surface area contributed by atoms with Crippen LogP contribution in [0.2, 0.25) is 0 Å². The molecule has 0 aliphatic carbocycles. The number of nitrogens with one attached hydrogen (secondary N) is 1. The van der Waals surface area contributed by atoms with E-state index in [1.54, 1.807) is 0 Å². The van der Waals surface area contributed by atoms with Crippen LogP contribution in [0.15, 0.2) is 28.0 Å². The molecule has 0 spiro atoms. The second-order valence-electron chi connectivity index (χ2n) is 3.22. The van der Waals surface area contributed by atoms with Crippen LogP contribution in [0.1, 0.15) is 5.56 Å². The van der Waals surface area contributed by atoms with Crippen LogP contribution in [-0.4, -0.2) is 32.4 Å². The molecule has 0 bridgehead atoms. The van der Waals surface area contributed by atoms with E-state index in [4.69, 9.17) is 9.11 Å². The number of carbonyl (C=O) groups is 1. The summed E-state index contributed by atoms with van der Waals surface area (Å²) >= 11 is 0. The summed E-state index contributed by atoms with van der Waals surface area (Å²) in [5.41, 5.74) is -0.0167. The molecule has 0 unspecified atom stereocenters. The van der Waals surface area contributed by atoms with Crippen molar-refractivity contribution >= 4 is 26.6 Å². The predicted octanol–water partition coefficient (Wildman–Crippen LogP) is -0.574. The smallest absolute Gasteiger partial charge is 0.294 e. The molecule has 1 amide bonds. The predicted molar refractivity (Wildman–Crippen MR) is 59.0 cm³/mol.